The van der Waals surface area contributed by atoms with E-state index in [-0.39, 0.29) is 28.9 Å². The van der Waals surface area contributed by atoms with Crippen molar-refractivity contribution in [3.63, 3.8) is 0 Å². The van der Waals surface area contributed by atoms with E-state index >= 15 is 0 Å². The number of nitrogens with one attached hydrogen (secondary N) is 1. The molecular formula is C30H31FN2O2. The Hall–Kier alpha value is -3.08. The van der Waals surface area contributed by atoms with Crippen molar-refractivity contribution < 1.29 is 14.0 Å². The Bertz CT molecular complexity index is 1230. The number of hydrogen-bond donors (Lipinski definition) is 1. The summed E-state index contributed by atoms with van der Waals surface area (Å²) < 4.78 is 14.2. The van der Waals surface area contributed by atoms with Gasteiger partial charge in [0.2, 0.25) is 0 Å². The molecule has 2 aromatic rings. The largest absolute Gasteiger partial charge is 0.350 e. The van der Waals surface area contributed by atoms with Gasteiger partial charge in [0.1, 0.15) is 17.9 Å². The summed E-state index contributed by atoms with van der Waals surface area (Å²) in [6.07, 6.45) is 10.6. The lowest BCUT2D eigenvalue weighted by molar-refractivity contribution is -0.108. The molecule has 2 aromatic carbocycles. The molecule has 1 spiro atoms. The Labute approximate surface area is 205 Å². The maximum absolute atomic E-state index is 14.2. The van der Waals surface area contributed by atoms with Crippen molar-refractivity contribution in [1.82, 2.24) is 5.32 Å². The average molecular weight is 471 g/mol. The van der Waals surface area contributed by atoms with Crippen molar-refractivity contribution in [3.05, 3.63) is 76.7 Å². The second-order valence-corrected chi connectivity index (χ2v) is 10.8. The third-order valence-corrected chi connectivity index (χ3v) is 8.74. The molecule has 1 aliphatic heterocycles. The Kier molecular flexibility index (Phi) is 5.66. The van der Waals surface area contributed by atoms with Crippen molar-refractivity contribution in [2.24, 2.45) is 16.8 Å². The van der Waals surface area contributed by atoms with Gasteiger partial charge in [-0.1, -0.05) is 30.3 Å². The van der Waals surface area contributed by atoms with Crippen LogP contribution in [0.4, 0.5) is 4.39 Å². The van der Waals surface area contributed by atoms with Gasteiger partial charge in [0.15, 0.2) is 5.78 Å². The number of benzene rings is 2. The van der Waals surface area contributed by atoms with E-state index in [4.69, 9.17) is 4.99 Å². The zero-order valence-corrected chi connectivity index (χ0v) is 19.9. The van der Waals surface area contributed by atoms with E-state index < -0.39 is 0 Å². The van der Waals surface area contributed by atoms with Crippen LogP contribution in [0, 0.1) is 17.7 Å². The van der Waals surface area contributed by atoms with Crippen molar-refractivity contribution in [2.45, 2.75) is 62.7 Å². The number of Topliss-reactive ketones (excluding diaryl/α,β-unsaturated/α-hetero) is 1. The topological polar surface area (TPSA) is 58.5 Å². The van der Waals surface area contributed by atoms with Crippen LogP contribution in [0.15, 0.2) is 53.7 Å². The number of halogens is 1. The van der Waals surface area contributed by atoms with E-state index in [2.05, 4.69) is 17.4 Å². The van der Waals surface area contributed by atoms with Crippen molar-refractivity contribution in [2.75, 3.05) is 6.54 Å². The molecule has 180 valence electrons. The molecule has 1 N–H and O–H groups in total. The van der Waals surface area contributed by atoms with E-state index in [1.54, 1.807) is 12.1 Å². The van der Waals surface area contributed by atoms with E-state index in [9.17, 15) is 14.0 Å². The lowest BCUT2D eigenvalue weighted by Gasteiger charge is -2.26. The molecule has 6 rings (SSSR count). The first-order chi connectivity index (χ1) is 17.1. The van der Waals surface area contributed by atoms with Gasteiger partial charge in [-0.05, 0) is 85.1 Å². The quantitative estimate of drug-likeness (QED) is 0.418. The molecule has 3 aliphatic carbocycles. The summed E-state index contributed by atoms with van der Waals surface area (Å²) in [6, 6.07) is 13.2. The van der Waals surface area contributed by atoms with Gasteiger partial charge in [0, 0.05) is 35.6 Å². The van der Waals surface area contributed by atoms with Crippen LogP contribution in [0.5, 0.6) is 0 Å². The van der Waals surface area contributed by atoms with Gasteiger partial charge < -0.3 is 10.1 Å². The molecule has 2 fully saturated rings. The summed E-state index contributed by atoms with van der Waals surface area (Å²) in [6.45, 7) is 0.449. The second kappa shape index (κ2) is 8.85. The molecular weight excluding hydrogens is 439 g/mol. The summed E-state index contributed by atoms with van der Waals surface area (Å²) in [5.74, 6) is 1.57. The number of hydrogen-bond acceptors (Lipinski definition) is 4. The van der Waals surface area contributed by atoms with Crippen molar-refractivity contribution >= 4 is 23.5 Å². The maximum atomic E-state index is 14.2. The average Bonchev–Trinajstić information content (AvgIpc) is 3.61. The van der Waals surface area contributed by atoms with E-state index in [1.165, 1.54) is 30.0 Å². The SMILES string of the molecule is O=CCC1CCC(C(=O)c2ccc3c(c2)C(C2=NCC(c4ccccc4F)=CN2)CC32CC2)CC1. The number of nitrogens with zero attached hydrogens (tertiary/aromatic N) is 1. The first-order valence-corrected chi connectivity index (χ1v) is 12.9. The number of rotatable bonds is 6. The molecule has 1 atom stereocenters. The molecule has 0 radical (unpaired) electrons. The Morgan fingerprint density at radius 3 is 2.60 bits per heavy atom. The summed E-state index contributed by atoms with van der Waals surface area (Å²) >= 11 is 0. The highest BCUT2D eigenvalue weighted by Gasteiger charge is 2.53. The van der Waals surface area contributed by atoms with Gasteiger partial charge >= 0.3 is 0 Å². The molecule has 1 heterocycles. The summed E-state index contributed by atoms with van der Waals surface area (Å²) in [5.41, 5.74) is 5.08. The van der Waals surface area contributed by atoms with Crippen molar-refractivity contribution in [3.8, 4) is 0 Å². The highest BCUT2D eigenvalue weighted by Crippen LogP contribution is 2.61. The monoisotopic (exact) mass is 470 g/mol. The third kappa shape index (κ3) is 4.05. The molecule has 0 amide bonds. The number of amidine groups is 1. The number of ketones is 1. The van der Waals surface area contributed by atoms with Crippen LogP contribution in [0.25, 0.3) is 5.57 Å². The Balaban J connectivity index is 1.22. The van der Waals surface area contributed by atoms with Crippen LogP contribution >= 0.6 is 0 Å². The number of fused-ring (bicyclic) bond motifs is 2. The fourth-order valence-corrected chi connectivity index (χ4v) is 6.52. The minimum atomic E-state index is -0.231. The number of carbonyl (C=O) groups is 2. The standard InChI is InChI=1S/C30H31FN2O2/c31-27-4-2-1-3-23(27)22-17-32-29(33-18-22)25-16-30(12-13-30)26-10-9-21(15-24(25)26)28(35)20-7-5-19(6-8-20)11-14-34/h1-4,9-10,14-15,17,19-20,25H,5-8,11-13,16,18H2,(H,32,33). The second-order valence-electron chi connectivity index (χ2n) is 10.8. The highest BCUT2D eigenvalue weighted by molar-refractivity contribution is 6.00. The first-order valence-electron chi connectivity index (χ1n) is 12.9. The molecule has 1 unspecified atom stereocenters. The minimum absolute atomic E-state index is 0.0575. The third-order valence-electron chi connectivity index (χ3n) is 8.74. The number of aliphatic imine (C=N–C) groups is 1. The Morgan fingerprint density at radius 1 is 1.11 bits per heavy atom. The Morgan fingerprint density at radius 2 is 1.91 bits per heavy atom. The van der Waals surface area contributed by atoms with Gasteiger partial charge in [0.25, 0.3) is 0 Å². The lowest BCUT2D eigenvalue weighted by Crippen LogP contribution is -2.28. The van der Waals surface area contributed by atoms with Crippen LogP contribution in [0.3, 0.4) is 0 Å². The molecule has 2 saturated carbocycles. The number of carbonyl (C=O) groups excluding carboxylic acids is 2. The molecule has 4 nitrogen and oxygen atoms in total. The lowest BCUT2D eigenvalue weighted by atomic mass is 9.77. The minimum Gasteiger partial charge on any atom is -0.350 e. The highest BCUT2D eigenvalue weighted by atomic mass is 19.1. The summed E-state index contributed by atoms with van der Waals surface area (Å²) in [7, 11) is 0. The molecule has 4 aliphatic rings. The molecule has 0 saturated heterocycles. The fourth-order valence-electron chi connectivity index (χ4n) is 6.52. The van der Waals surface area contributed by atoms with Gasteiger partial charge in [-0.15, -0.1) is 0 Å². The normalized spacial score (nSPS) is 26.4. The molecule has 0 bridgehead atoms. The zero-order valence-electron chi connectivity index (χ0n) is 19.9. The van der Waals surface area contributed by atoms with Crippen LogP contribution in [0.1, 0.15) is 84.3 Å². The van der Waals surface area contributed by atoms with Gasteiger partial charge in [-0.2, -0.15) is 0 Å². The van der Waals surface area contributed by atoms with E-state index in [1.807, 2.05) is 18.3 Å². The van der Waals surface area contributed by atoms with Crippen molar-refractivity contribution in [1.29, 1.82) is 0 Å². The molecule has 0 aromatic heterocycles. The first kappa shape index (κ1) is 22.4. The number of aldehydes is 1. The van der Waals surface area contributed by atoms with E-state index in [0.29, 0.717) is 24.4 Å². The predicted octanol–water partition coefficient (Wildman–Crippen LogP) is 5.97. The van der Waals surface area contributed by atoms with Crippen LogP contribution in [-0.4, -0.2) is 24.4 Å². The smallest absolute Gasteiger partial charge is 0.165 e. The molecule has 35 heavy (non-hydrogen) atoms. The van der Waals surface area contributed by atoms with Crippen LogP contribution < -0.4 is 5.32 Å². The van der Waals surface area contributed by atoms with Gasteiger partial charge in [0.05, 0.1) is 6.54 Å². The predicted molar refractivity (Wildman–Crippen MR) is 135 cm³/mol. The van der Waals surface area contributed by atoms with Gasteiger partial charge in [-0.25, -0.2) is 4.39 Å². The van der Waals surface area contributed by atoms with Gasteiger partial charge in [-0.3, -0.25) is 9.79 Å². The maximum Gasteiger partial charge on any atom is 0.165 e. The van der Waals surface area contributed by atoms with Crippen LogP contribution in [-0.2, 0) is 10.2 Å². The van der Waals surface area contributed by atoms with E-state index in [0.717, 1.165) is 55.4 Å². The summed E-state index contributed by atoms with van der Waals surface area (Å²) in [5, 5.41) is 3.38. The fraction of sp³-hybridized carbons (Fsp3) is 0.433. The molecule has 5 heteroatoms. The van der Waals surface area contributed by atoms with Crippen LogP contribution in [0.2, 0.25) is 0 Å². The summed E-state index contributed by atoms with van der Waals surface area (Å²) in [4.78, 5) is 29.1. The zero-order chi connectivity index (χ0) is 24.0.